The average molecular weight is 783 g/mol. The van der Waals surface area contributed by atoms with Crippen LogP contribution in [0.15, 0.2) is 42.5 Å². The third kappa shape index (κ3) is 8.90. The first-order valence-corrected chi connectivity index (χ1v) is 15.6. The average Bonchev–Trinajstić information content (AvgIpc) is 3.73. The second-order valence-electron chi connectivity index (χ2n) is 9.77. The van der Waals surface area contributed by atoms with Gasteiger partial charge in [-0.2, -0.15) is 13.2 Å². The van der Waals surface area contributed by atoms with Crippen LogP contribution in [0.2, 0.25) is 0 Å². The Hall–Kier alpha value is -4.87. The lowest BCUT2D eigenvalue weighted by atomic mass is 10.1. The molecule has 2 aromatic heterocycles. The number of methoxy groups -OCH3 is 2. The van der Waals surface area contributed by atoms with Gasteiger partial charge in [0.2, 0.25) is 29.0 Å². The highest BCUT2D eigenvalue weighted by Gasteiger charge is 2.26. The van der Waals surface area contributed by atoms with Crippen molar-refractivity contribution in [3.8, 4) is 17.2 Å². The topological polar surface area (TPSA) is 89.9 Å². The SMILES string of the molecule is COc1c(F)c(F)cc(C(=O)Cl)c1F.COc1c(F)c(F)cc(C(=O)c2ccc(C)s2)c1F.Cc1ccc(C(=O)c2cc(F)c(F)c(O)c2F)s1. The van der Waals surface area contributed by atoms with Gasteiger partial charge in [-0.1, -0.05) is 0 Å². The van der Waals surface area contributed by atoms with Crippen molar-refractivity contribution in [2.75, 3.05) is 14.2 Å². The van der Waals surface area contributed by atoms with Gasteiger partial charge in [-0.25, -0.2) is 26.3 Å². The van der Waals surface area contributed by atoms with Gasteiger partial charge in [0.1, 0.15) is 0 Å². The molecule has 0 radical (unpaired) electrons. The number of phenolic OH excluding ortho intramolecular Hbond substituents is 1. The summed E-state index contributed by atoms with van der Waals surface area (Å²) < 4.78 is 127. The van der Waals surface area contributed by atoms with Crippen molar-refractivity contribution >= 4 is 51.1 Å². The standard InChI is InChI=1S/C13H9F3O2S.C12H7F3O2S.C8H4ClF3O2/c1-6-3-4-9(19-6)12(17)7-5-8(14)11(16)13(18-2)10(7)15;1-5-2-3-8(18-5)11(16)6-4-7(13)10(15)12(17)9(6)14;1-14-7-5(11)3(8(9)13)2-4(10)6(7)12/h3-5H,1-2H3;2-4,17H,1H3;2H,1H3. The van der Waals surface area contributed by atoms with Crippen LogP contribution in [0.1, 0.15) is 50.6 Å². The van der Waals surface area contributed by atoms with Gasteiger partial charge in [0, 0.05) is 9.75 Å². The number of hydrogen-bond acceptors (Lipinski definition) is 8. The highest BCUT2D eigenvalue weighted by Crippen LogP contribution is 2.31. The van der Waals surface area contributed by atoms with Crippen molar-refractivity contribution in [2.24, 2.45) is 0 Å². The van der Waals surface area contributed by atoms with Gasteiger partial charge in [0.05, 0.1) is 40.7 Å². The Bertz CT molecular complexity index is 2150. The molecule has 0 saturated carbocycles. The Morgan fingerprint density at radius 3 is 1.27 bits per heavy atom. The molecule has 0 spiro atoms. The van der Waals surface area contributed by atoms with Crippen molar-refractivity contribution in [1.82, 2.24) is 0 Å². The van der Waals surface area contributed by atoms with Gasteiger partial charge in [-0.3, -0.25) is 14.4 Å². The number of ether oxygens (including phenoxy) is 2. The van der Waals surface area contributed by atoms with E-state index in [9.17, 15) is 53.9 Å². The molecule has 0 amide bonds. The predicted octanol–water partition coefficient (Wildman–Crippen LogP) is 9.62. The van der Waals surface area contributed by atoms with E-state index in [1.54, 1.807) is 26.0 Å². The Morgan fingerprint density at radius 1 is 0.569 bits per heavy atom. The quantitative estimate of drug-likeness (QED) is 0.0766. The molecule has 0 aliphatic heterocycles. The zero-order valence-electron chi connectivity index (χ0n) is 26.1. The fourth-order valence-corrected chi connectivity index (χ4v) is 5.74. The molecule has 270 valence electrons. The minimum absolute atomic E-state index is 0.191. The first-order valence-electron chi connectivity index (χ1n) is 13.6. The van der Waals surface area contributed by atoms with Crippen LogP contribution in [0, 0.1) is 66.2 Å². The maximum atomic E-state index is 13.9. The number of hydrogen-bond donors (Lipinski definition) is 1. The highest BCUT2D eigenvalue weighted by molar-refractivity contribution is 7.14. The van der Waals surface area contributed by atoms with Crippen molar-refractivity contribution in [3.63, 3.8) is 0 Å². The van der Waals surface area contributed by atoms with E-state index in [4.69, 9.17) is 16.7 Å². The summed E-state index contributed by atoms with van der Waals surface area (Å²) in [4.78, 5) is 36.6. The number of benzene rings is 3. The third-order valence-electron chi connectivity index (χ3n) is 6.40. The van der Waals surface area contributed by atoms with Crippen LogP contribution in [0.5, 0.6) is 17.2 Å². The molecule has 2 heterocycles. The summed E-state index contributed by atoms with van der Waals surface area (Å²) in [6.07, 6.45) is 0. The molecule has 0 atom stereocenters. The van der Waals surface area contributed by atoms with Crippen LogP contribution in [-0.2, 0) is 0 Å². The van der Waals surface area contributed by atoms with E-state index in [0.717, 1.165) is 46.6 Å². The maximum Gasteiger partial charge on any atom is 0.255 e. The van der Waals surface area contributed by atoms with Crippen molar-refractivity contribution in [2.45, 2.75) is 13.8 Å². The van der Waals surface area contributed by atoms with Gasteiger partial charge in [-0.05, 0) is 67.9 Å². The minimum Gasteiger partial charge on any atom is -0.503 e. The lowest BCUT2D eigenvalue weighted by molar-refractivity contribution is 0.102. The summed E-state index contributed by atoms with van der Waals surface area (Å²) in [6, 6.07) is 7.67. The molecule has 0 bridgehead atoms. The third-order valence-corrected chi connectivity index (χ3v) is 8.60. The molecule has 3 aromatic carbocycles. The number of carbonyl (C=O) groups is 3. The molecule has 18 heteroatoms. The first kappa shape index (κ1) is 40.6. The van der Waals surface area contributed by atoms with Gasteiger partial charge >= 0.3 is 0 Å². The van der Waals surface area contributed by atoms with E-state index >= 15 is 0 Å². The maximum absolute atomic E-state index is 13.9. The van der Waals surface area contributed by atoms with Crippen LogP contribution in [0.4, 0.5) is 39.5 Å². The lowest BCUT2D eigenvalue weighted by Crippen LogP contribution is -2.07. The van der Waals surface area contributed by atoms with E-state index in [-0.39, 0.29) is 9.75 Å². The molecular weight excluding hydrogens is 763 g/mol. The van der Waals surface area contributed by atoms with Crippen LogP contribution in [0.3, 0.4) is 0 Å². The second kappa shape index (κ2) is 16.9. The summed E-state index contributed by atoms with van der Waals surface area (Å²) in [5.41, 5.74) is -1.99. The Labute approximate surface area is 295 Å². The number of ketones is 2. The number of aromatic hydroxyl groups is 1. The Morgan fingerprint density at radius 2 is 0.922 bits per heavy atom. The zero-order chi connectivity index (χ0) is 38.5. The molecule has 1 N–H and O–H groups in total. The number of halogens is 10. The summed E-state index contributed by atoms with van der Waals surface area (Å²) >= 11 is 7.19. The monoisotopic (exact) mass is 782 g/mol. The molecule has 6 nitrogen and oxygen atoms in total. The Balaban J connectivity index is 0.000000209. The second-order valence-corrected chi connectivity index (χ2v) is 12.7. The van der Waals surface area contributed by atoms with Crippen LogP contribution < -0.4 is 9.47 Å². The van der Waals surface area contributed by atoms with Gasteiger partial charge in [0.25, 0.3) is 5.24 Å². The van der Waals surface area contributed by atoms with E-state index in [0.29, 0.717) is 18.2 Å². The fraction of sp³-hybridized carbons (Fsp3) is 0.121. The largest absolute Gasteiger partial charge is 0.503 e. The van der Waals surface area contributed by atoms with E-state index in [2.05, 4.69) is 9.47 Å². The normalized spacial score (nSPS) is 10.5. The predicted molar refractivity (Wildman–Crippen MR) is 169 cm³/mol. The highest BCUT2D eigenvalue weighted by atomic mass is 35.5. The summed E-state index contributed by atoms with van der Waals surface area (Å²) in [5, 5.41) is 7.81. The van der Waals surface area contributed by atoms with E-state index in [1.165, 1.54) is 12.1 Å². The minimum atomic E-state index is -1.70. The molecule has 0 saturated heterocycles. The number of phenols is 1. The van der Waals surface area contributed by atoms with Crippen molar-refractivity contribution in [3.05, 3.63) is 131 Å². The van der Waals surface area contributed by atoms with E-state index < -0.39 is 103 Å². The van der Waals surface area contributed by atoms with Crippen LogP contribution >= 0.6 is 34.3 Å². The molecule has 0 aliphatic rings. The first-order chi connectivity index (χ1) is 23.9. The molecule has 0 fully saturated rings. The lowest BCUT2D eigenvalue weighted by Gasteiger charge is -2.08. The number of thiophene rings is 2. The fourth-order valence-electron chi connectivity index (χ4n) is 3.96. The Kier molecular flexibility index (Phi) is 13.4. The van der Waals surface area contributed by atoms with Gasteiger partial charge < -0.3 is 14.6 Å². The summed E-state index contributed by atoms with van der Waals surface area (Å²) in [5.74, 6) is -17.6. The van der Waals surface area contributed by atoms with Crippen LogP contribution in [0.25, 0.3) is 0 Å². The smallest absolute Gasteiger partial charge is 0.255 e. The number of rotatable bonds is 7. The molecule has 5 aromatic rings. The van der Waals surface area contributed by atoms with Crippen molar-refractivity contribution in [1.29, 1.82) is 0 Å². The van der Waals surface area contributed by atoms with Crippen LogP contribution in [-0.4, -0.2) is 36.1 Å². The number of carbonyl (C=O) groups excluding carboxylic acids is 3. The molecule has 51 heavy (non-hydrogen) atoms. The van der Waals surface area contributed by atoms with Crippen molar-refractivity contribution < 1.29 is 68.5 Å². The molecule has 0 unspecified atom stereocenters. The van der Waals surface area contributed by atoms with Gasteiger partial charge in [0.15, 0.2) is 52.2 Å². The molecule has 0 aliphatic carbocycles. The van der Waals surface area contributed by atoms with E-state index in [1.807, 2.05) is 0 Å². The van der Waals surface area contributed by atoms with Gasteiger partial charge in [-0.15, -0.1) is 22.7 Å². The molecule has 5 rings (SSSR count). The zero-order valence-corrected chi connectivity index (χ0v) is 28.5. The summed E-state index contributed by atoms with van der Waals surface area (Å²) in [6.45, 7) is 3.53. The summed E-state index contributed by atoms with van der Waals surface area (Å²) in [7, 11) is 1.95. The molecular formula is C33H20ClF9O6S2. The number of aryl methyl sites for hydroxylation is 2.